The van der Waals surface area contributed by atoms with Gasteiger partial charge in [-0.05, 0) is 22.9 Å². The molecular formula is C20H16N2O2S. The van der Waals surface area contributed by atoms with Crippen LogP contribution in [0.1, 0.15) is 35.1 Å². The number of ketones is 1. The highest BCUT2D eigenvalue weighted by Gasteiger charge is 2.41. The molecule has 4 nitrogen and oxygen atoms in total. The minimum atomic E-state index is -0.405. The Balaban J connectivity index is 1.78. The molecule has 0 radical (unpaired) electrons. The second kappa shape index (κ2) is 6.23. The van der Waals surface area contributed by atoms with Crippen LogP contribution in [0, 0.1) is 11.3 Å². The maximum Gasteiger partial charge on any atom is 0.205 e. The average molecular weight is 348 g/mol. The molecule has 0 bridgehead atoms. The van der Waals surface area contributed by atoms with Gasteiger partial charge in [0.05, 0.1) is 5.92 Å². The average Bonchev–Trinajstić information content (AvgIpc) is 3.15. The van der Waals surface area contributed by atoms with Crippen molar-refractivity contribution in [3.63, 3.8) is 0 Å². The molecule has 2 heterocycles. The topological polar surface area (TPSA) is 76.1 Å². The van der Waals surface area contributed by atoms with Gasteiger partial charge >= 0.3 is 0 Å². The van der Waals surface area contributed by atoms with Crippen LogP contribution in [0.3, 0.4) is 0 Å². The summed E-state index contributed by atoms with van der Waals surface area (Å²) >= 11 is 1.52. The van der Waals surface area contributed by atoms with Crippen molar-refractivity contribution in [2.75, 3.05) is 0 Å². The summed E-state index contributed by atoms with van der Waals surface area (Å²) in [6.45, 7) is 0. The highest BCUT2D eigenvalue weighted by molar-refractivity contribution is 7.10. The van der Waals surface area contributed by atoms with E-state index in [0.717, 1.165) is 10.4 Å². The van der Waals surface area contributed by atoms with Gasteiger partial charge in [-0.15, -0.1) is 11.3 Å². The van der Waals surface area contributed by atoms with Crippen LogP contribution in [0.2, 0.25) is 0 Å². The fourth-order valence-corrected chi connectivity index (χ4v) is 4.45. The standard InChI is InChI=1S/C20H16N2O2S/c21-11-14-18(17-7-4-8-25-17)19-15(23)9-13(10-16(19)24-20(14)22)12-5-2-1-3-6-12/h1-8,13,18H,9-10,22H2/t13-,18-/m0/s1. The Bertz CT molecular complexity index is 920. The maximum atomic E-state index is 13.0. The Morgan fingerprint density at radius 3 is 2.64 bits per heavy atom. The number of hydrogen-bond acceptors (Lipinski definition) is 5. The van der Waals surface area contributed by atoms with E-state index in [1.54, 1.807) is 0 Å². The number of Topliss-reactive ketones (excluding diaryl/α,β-unsaturated/α-hetero) is 1. The van der Waals surface area contributed by atoms with Crippen LogP contribution in [0.25, 0.3) is 0 Å². The van der Waals surface area contributed by atoms with Crippen LogP contribution in [0.4, 0.5) is 0 Å². The molecule has 4 rings (SSSR count). The molecule has 0 fully saturated rings. The monoisotopic (exact) mass is 348 g/mol. The number of nitrogens with two attached hydrogens (primary N) is 1. The Morgan fingerprint density at radius 1 is 1.16 bits per heavy atom. The Labute approximate surface area is 149 Å². The molecule has 1 aliphatic heterocycles. The van der Waals surface area contributed by atoms with Crippen molar-refractivity contribution in [1.29, 1.82) is 5.26 Å². The van der Waals surface area contributed by atoms with E-state index in [9.17, 15) is 10.1 Å². The van der Waals surface area contributed by atoms with Crippen LogP contribution >= 0.6 is 11.3 Å². The van der Waals surface area contributed by atoms with E-state index in [-0.39, 0.29) is 17.6 Å². The zero-order chi connectivity index (χ0) is 17.4. The first-order chi connectivity index (χ1) is 12.2. The van der Waals surface area contributed by atoms with Gasteiger partial charge in [-0.25, -0.2) is 0 Å². The van der Waals surface area contributed by atoms with Crippen LogP contribution in [0.5, 0.6) is 0 Å². The fraction of sp³-hybridized carbons (Fsp3) is 0.200. The molecule has 0 unspecified atom stereocenters. The lowest BCUT2D eigenvalue weighted by Gasteiger charge is -2.33. The number of rotatable bonds is 2. The quantitative estimate of drug-likeness (QED) is 0.891. The number of ether oxygens (including phenoxy) is 1. The molecule has 0 saturated carbocycles. The molecule has 0 amide bonds. The molecule has 2 atom stereocenters. The SMILES string of the molecule is N#CC1=C(N)OC2=C(C(=O)C[C@H](c3ccccc3)C2)[C@@H]1c1cccs1. The van der Waals surface area contributed by atoms with E-state index in [4.69, 9.17) is 10.5 Å². The van der Waals surface area contributed by atoms with Crippen LogP contribution < -0.4 is 5.73 Å². The molecule has 0 spiro atoms. The largest absolute Gasteiger partial charge is 0.444 e. The van der Waals surface area contributed by atoms with E-state index >= 15 is 0 Å². The molecule has 1 aromatic carbocycles. The minimum absolute atomic E-state index is 0.0359. The molecule has 124 valence electrons. The highest BCUT2D eigenvalue weighted by Crippen LogP contribution is 2.47. The molecule has 1 aromatic heterocycles. The van der Waals surface area contributed by atoms with Gasteiger partial charge in [-0.1, -0.05) is 36.4 Å². The van der Waals surface area contributed by atoms with Gasteiger partial charge in [-0.3, -0.25) is 4.79 Å². The van der Waals surface area contributed by atoms with E-state index < -0.39 is 5.92 Å². The number of thiophene rings is 1. The predicted octanol–water partition coefficient (Wildman–Crippen LogP) is 3.96. The number of hydrogen-bond donors (Lipinski definition) is 1. The second-order valence-corrected chi connectivity index (χ2v) is 7.20. The summed E-state index contributed by atoms with van der Waals surface area (Å²) < 4.78 is 5.74. The molecule has 2 N–H and O–H groups in total. The van der Waals surface area contributed by atoms with Crippen molar-refractivity contribution in [2.24, 2.45) is 5.73 Å². The van der Waals surface area contributed by atoms with E-state index in [1.807, 2.05) is 47.8 Å². The molecule has 2 aromatic rings. The van der Waals surface area contributed by atoms with Gasteiger partial charge in [0.2, 0.25) is 5.88 Å². The zero-order valence-corrected chi connectivity index (χ0v) is 14.3. The summed E-state index contributed by atoms with van der Waals surface area (Å²) in [5.74, 6) is 0.431. The first-order valence-corrected chi connectivity index (χ1v) is 8.99. The van der Waals surface area contributed by atoms with Gasteiger partial charge in [0.25, 0.3) is 0 Å². The number of benzene rings is 1. The maximum absolute atomic E-state index is 13.0. The number of allylic oxidation sites excluding steroid dienone is 3. The number of carbonyl (C=O) groups excluding carboxylic acids is 1. The molecular weight excluding hydrogens is 332 g/mol. The Hall–Kier alpha value is -2.84. The van der Waals surface area contributed by atoms with Gasteiger partial charge in [0.15, 0.2) is 5.78 Å². The number of nitriles is 1. The third-order valence-corrected chi connectivity index (χ3v) is 5.70. The third kappa shape index (κ3) is 2.65. The predicted molar refractivity (Wildman–Crippen MR) is 95.4 cm³/mol. The molecule has 5 heteroatoms. The summed E-state index contributed by atoms with van der Waals surface area (Å²) in [4.78, 5) is 13.9. The van der Waals surface area contributed by atoms with Gasteiger partial charge < -0.3 is 10.5 Å². The Kier molecular flexibility index (Phi) is 3.90. The van der Waals surface area contributed by atoms with Crippen molar-refractivity contribution in [3.8, 4) is 6.07 Å². The summed E-state index contributed by atoms with van der Waals surface area (Å²) in [6, 6.07) is 16.0. The van der Waals surface area contributed by atoms with Crippen molar-refractivity contribution in [3.05, 3.63) is 81.1 Å². The summed E-state index contributed by atoms with van der Waals surface area (Å²) in [7, 11) is 0. The van der Waals surface area contributed by atoms with Gasteiger partial charge in [-0.2, -0.15) is 5.26 Å². The van der Waals surface area contributed by atoms with E-state index in [1.165, 1.54) is 11.3 Å². The van der Waals surface area contributed by atoms with Gasteiger partial charge in [0, 0.05) is 23.3 Å². The summed E-state index contributed by atoms with van der Waals surface area (Å²) in [5.41, 5.74) is 8.06. The van der Waals surface area contributed by atoms with E-state index in [2.05, 4.69) is 6.07 Å². The van der Waals surface area contributed by atoms with E-state index in [0.29, 0.717) is 29.7 Å². The minimum Gasteiger partial charge on any atom is -0.444 e. The summed E-state index contributed by atoms with van der Waals surface area (Å²) in [5, 5.41) is 11.5. The number of carbonyl (C=O) groups is 1. The van der Waals surface area contributed by atoms with Crippen molar-refractivity contribution in [2.45, 2.75) is 24.7 Å². The Morgan fingerprint density at radius 2 is 1.96 bits per heavy atom. The van der Waals surface area contributed by atoms with Crippen molar-refractivity contribution < 1.29 is 9.53 Å². The molecule has 25 heavy (non-hydrogen) atoms. The van der Waals surface area contributed by atoms with Crippen LogP contribution in [0.15, 0.2) is 70.6 Å². The number of nitrogens with zero attached hydrogens (tertiary/aromatic N) is 1. The normalized spacial score (nSPS) is 23.1. The first-order valence-electron chi connectivity index (χ1n) is 8.11. The smallest absolute Gasteiger partial charge is 0.205 e. The lowest BCUT2D eigenvalue weighted by atomic mass is 9.75. The van der Waals surface area contributed by atoms with Crippen LogP contribution in [-0.2, 0) is 9.53 Å². The lowest BCUT2D eigenvalue weighted by molar-refractivity contribution is -0.117. The summed E-state index contributed by atoms with van der Waals surface area (Å²) in [6.07, 6.45) is 1.04. The first kappa shape index (κ1) is 15.7. The second-order valence-electron chi connectivity index (χ2n) is 6.22. The zero-order valence-electron chi connectivity index (χ0n) is 13.4. The highest BCUT2D eigenvalue weighted by atomic mass is 32.1. The van der Waals surface area contributed by atoms with Crippen molar-refractivity contribution in [1.82, 2.24) is 0 Å². The molecule has 0 saturated heterocycles. The lowest BCUT2D eigenvalue weighted by Crippen LogP contribution is -2.29. The van der Waals surface area contributed by atoms with Crippen LogP contribution in [-0.4, -0.2) is 5.78 Å². The fourth-order valence-electron chi connectivity index (χ4n) is 3.61. The molecule has 2 aliphatic rings. The third-order valence-electron chi connectivity index (χ3n) is 4.76. The van der Waals surface area contributed by atoms with Gasteiger partial charge in [0.1, 0.15) is 17.4 Å². The van der Waals surface area contributed by atoms with Crippen molar-refractivity contribution >= 4 is 17.1 Å². The molecule has 1 aliphatic carbocycles.